The fraction of sp³-hybridized carbons (Fsp3) is 0.263. The Hall–Kier alpha value is -3.16. The van der Waals surface area contributed by atoms with Gasteiger partial charge in [0, 0.05) is 35.9 Å². The summed E-state index contributed by atoms with van der Waals surface area (Å²) in [6.45, 7) is 0.186. The number of pyridine rings is 1. The minimum absolute atomic E-state index is 0.169. The second-order valence-electron chi connectivity index (χ2n) is 6.51. The van der Waals surface area contributed by atoms with Gasteiger partial charge in [-0.1, -0.05) is 6.07 Å². The van der Waals surface area contributed by atoms with Crippen LogP contribution < -0.4 is 5.32 Å². The maximum Gasteiger partial charge on any atom is 0.265 e. The van der Waals surface area contributed by atoms with Crippen LogP contribution in [0.4, 0.5) is 8.78 Å². The molecule has 0 bridgehead atoms. The first kappa shape index (κ1) is 17.3. The molecule has 1 aromatic carbocycles. The van der Waals surface area contributed by atoms with Crippen LogP contribution in [0.2, 0.25) is 0 Å². The highest BCUT2D eigenvalue weighted by Crippen LogP contribution is 2.33. The van der Waals surface area contributed by atoms with Gasteiger partial charge in [-0.3, -0.25) is 24.7 Å². The highest BCUT2D eigenvalue weighted by Gasteiger charge is 2.39. The lowest BCUT2D eigenvalue weighted by molar-refractivity contribution is -0.136. The summed E-state index contributed by atoms with van der Waals surface area (Å²) in [5.74, 6) is -1.14. The normalized spacial score (nSPS) is 19.4. The molecule has 2 aliphatic rings. The van der Waals surface area contributed by atoms with Crippen LogP contribution >= 0.6 is 0 Å². The zero-order valence-electron chi connectivity index (χ0n) is 14.1. The molecule has 2 aliphatic heterocycles. The van der Waals surface area contributed by atoms with Crippen molar-refractivity contribution in [2.45, 2.75) is 31.9 Å². The van der Waals surface area contributed by atoms with E-state index in [4.69, 9.17) is 0 Å². The number of hydrogen-bond acceptors (Lipinski definition) is 4. The Bertz CT molecular complexity index is 961. The van der Waals surface area contributed by atoms with E-state index in [1.54, 1.807) is 18.2 Å². The number of amides is 3. The first-order chi connectivity index (χ1) is 13.0. The number of halogens is 2. The number of nitrogens with zero attached hydrogens (tertiary/aromatic N) is 2. The van der Waals surface area contributed by atoms with E-state index in [1.807, 2.05) is 0 Å². The predicted octanol–water partition coefficient (Wildman–Crippen LogP) is 2.45. The number of carbonyl (C=O) groups excluding carboxylic acids is 3. The lowest BCUT2D eigenvalue weighted by Crippen LogP contribution is -2.52. The molecule has 2 aromatic rings. The van der Waals surface area contributed by atoms with Crippen LogP contribution in [-0.4, -0.2) is 33.6 Å². The zero-order chi connectivity index (χ0) is 19.1. The summed E-state index contributed by atoms with van der Waals surface area (Å²) in [6.07, 6.45) is -0.779. The van der Waals surface area contributed by atoms with Crippen molar-refractivity contribution in [1.29, 1.82) is 0 Å². The molecule has 1 atom stereocenters. The molecule has 1 unspecified atom stereocenters. The third-order valence-electron chi connectivity index (χ3n) is 4.87. The van der Waals surface area contributed by atoms with Crippen molar-refractivity contribution < 1.29 is 23.2 Å². The molecule has 1 N–H and O–H groups in total. The molecule has 0 aliphatic carbocycles. The Labute approximate surface area is 153 Å². The number of alkyl halides is 2. The standard InChI is InChI=1S/C19H15F2N3O3/c20-17(21)13-2-1-7-22-16(13)10-3-4-12-11(8-10)9-24(19(12)27)14-5-6-15(25)23-18(14)26/h1-4,7-8,14,17H,5-6,9H2,(H,23,25,26). The zero-order valence-corrected chi connectivity index (χ0v) is 14.1. The SMILES string of the molecule is O=C1CCC(N2Cc3cc(-c4ncccc4C(F)F)ccc3C2=O)C(=O)N1. The molecule has 1 fully saturated rings. The van der Waals surface area contributed by atoms with Gasteiger partial charge in [-0.15, -0.1) is 0 Å². The van der Waals surface area contributed by atoms with Crippen molar-refractivity contribution in [2.24, 2.45) is 0 Å². The van der Waals surface area contributed by atoms with Crippen LogP contribution in [0.1, 0.15) is 40.8 Å². The molecular formula is C19H15F2N3O3. The van der Waals surface area contributed by atoms with Gasteiger partial charge in [0.15, 0.2) is 0 Å². The largest absolute Gasteiger partial charge is 0.322 e. The molecule has 8 heteroatoms. The van der Waals surface area contributed by atoms with Gasteiger partial charge in [-0.05, 0) is 36.2 Å². The topological polar surface area (TPSA) is 79.4 Å². The van der Waals surface area contributed by atoms with Gasteiger partial charge in [0.1, 0.15) is 6.04 Å². The Morgan fingerprint density at radius 3 is 2.74 bits per heavy atom. The third-order valence-corrected chi connectivity index (χ3v) is 4.87. The van der Waals surface area contributed by atoms with Crippen LogP contribution in [-0.2, 0) is 16.1 Å². The van der Waals surface area contributed by atoms with E-state index in [0.717, 1.165) is 0 Å². The van der Waals surface area contributed by atoms with E-state index < -0.39 is 18.4 Å². The lowest BCUT2D eigenvalue weighted by Gasteiger charge is -2.29. The number of rotatable bonds is 3. The first-order valence-corrected chi connectivity index (χ1v) is 8.46. The molecule has 1 aromatic heterocycles. The molecule has 0 saturated carbocycles. The van der Waals surface area contributed by atoms with Gasteiger partial charge in [0.25, 0.3) is 12.3 Å². The second-order valence-corrected chi connectivity index (χ2v) is 6.51. The predicted molar refractivity (Wildman–Crippen MR) is 90.7 cm³/mol. The second kappa shape index (κ2) is 6.53. The van der Waals surface area contributed by atoms with Crippen molar-refractivity contribution in [2.75, 3.05) is 0 Å². The van der Waals surface area contributed by atoms with Gasteiger partial charge in [-0.2, -0.15) is 0 Å². The fourth-order valence-electron chi connectivity index (χ4n) is 3.56. The van der Waals surface area contributed by atoms with Crippen molar-refractivity contribution in [3.63, 3.8) is 0 Å². The van der Waals surface area contributed by atoms with E-state index in [-0.39, 0.29) is 42.5 Å². The molecule has 138 valence electrons. The van der Waals surface area contributed by atoms with Crippen molar-refractivity contribution in [3.05, 3.63) is 53.2 Å². The van der Waals surface area contributed by atoms with Crippen LogP contribution in [0.3, 0.4) is 0 Å². The van der Waals surface area contributed by atoms with E-state index >= 15 is 0 Å². The van der Waals surface area contributed by atoms with Crippen molar-refractivity contribution in [1.82, 2.24) is 15.2 Å². The summed E-state index contributed by atoms with van der Waals surface area (Å²) in [7, 11) is 0. The molecule has 0 spiro atoms. The quantitative estimate of drug-likeness (QED) is 0.841. The Kier molecular flexibility index (Phi) is 4.18. The first-order valence-electron chi connectivity index (χ1n) is 8.46. The average molecular weight is 371 g/mol. The minimum Gasteiger partial charge on any atom is -0.322 e. The smallest absolute Gasteiger partial charge is 0.265 e. The molecular weight excluding hydrogens is 356 g/mol. The van der Waals surface area contributed by atoms with Gasteiger partial charge < -0.3 is 4.90 Å². The average Bonchev–Trinajstić information content (AvgIpc) is 2.97. The lowest BCUT2D eigenvalue weighted by atomic mass is 10.0. The number of piperidine rings is 1. The number of aromatic nitrogens is 1. The summed E-state index contributed by atoms with van der Waals surface area (Å²) in [5, 5.41) is 2.25. The maximum absolute atomic E-state index is 13.3. The summed E-state index contributed by atoms with van der Waals surface area (Å²) < 4.78 is 26.5. The minimum atomic E-state index is -2.66. The number of fused-ring (bicyclic) bond motifs is 1. The maximum atomic E-state index is 13.3. The number of nitrogens with one attached hydrogen (secondary N) is 1. The third kappa shape index (κ3) is 2.97. The van der Waals surface area contributed by atoms with Gasteiger partial charge >= 0.3 is 0 Å². The summed E-state index contributed by atoms with van der Waals surface area (Å²) >= 11 is 0. The highest BCUT2D eigenvalue weighted by molar-refractivity contribution is 6.05. The van der Waals surface area contributed by atoms with Crippen LogP contribution in [0.15, 0.2) is 36.5 Å². The van der Waals surface area contributed by atoms with E-state index in [1.165, 1.54) is 23.2 Å². The number of hydrogen-bond donors (Lipinski definition) is 1. The van der Waals surface area contributed by atoms with Crippen LogP contribution in [0.5, 0.6) is 0 Å². The summed E-state index contributed by atoms with van der Waals surface area (Å²) in [6, 6.07) is 6.88. The number of imide groups is 1. The van der Waals surface area contributed by atoms with Gasteiger partial charge in [0.2, 0.25) is 11.8 Å². The molecule has 3 amide bonds. The van der Waals surface area contributed by atoms with Crippen molar-refractivity contribution in [3.8, 4) is 11.3 Å². The monoisotopic (exact) mass is 371 g/mol. The molecule has 1 saturated heterocycles. The molecule has 6 nitrogen and oxygen atoms in total. The highest BCUT2D eigenvalue weighted by atomic mass is 19.3. The van der Waals surface area contributed by atoms with Gasteiger partial charge in [-0.25, -0.2) is 8.78 Å². The van der Waals surface area contributed by atoms with E-state index in [0.29, 0.717) is 16.7 Å². The number of carbonyl (C=O) groups is 3. The summed E-state index contributed by atoms with van der Waals surface area (Å²) in [4.78, 5) is 41.6. The Balaban J connectivity index is 1.66. The van der Waals surface area contributed by atoms with Crippen LogP contribution in [0, 0.1) is 0 Å². The molecule has 4 rings (SSSR count). The molecule has 0 radical (unpaired) electrons. The summed E-state index contributed by atoms with van der Waals surface area (Å²) in [5.41, 5.74) is 1.56. The number of benzene rings is 1. The molecule has 3 heterocycles. The van der Waals surface area contributed by atoms with E-state index in [2.05, 4.69) is 10.3 Å². The van der Waals surface area contributed by atoms with Crippen molar-refractivity contribution >= 4 is 17.7 Å². The Morgan fingerprint density at radius 1 is 1.19 bits per heavy atom. The molecule has 27 heavy (non-hydrogen) atoms. The Morgan fingerprint density at radius 2 is 2.00 bits per heavy atom. The fourth-order valence-corrected chi connectivity index (χ4v) is 3.56. The van der Waals surface area contributed by atoms with Gasteiger partial charge in [0.05, 0.1) is 5.69 Å². The van der Waals surface area contributed by atoms with Crippen LogP contribution in [0.25, 0.3) is 11.3 Å². The van der Waals surface area contributed by atoms with E-state index in [9.17, 15) is 23.2 Å².